The second kappa shape index (κ2) is 6.20. The van der Waals surface area contributed by atoms with E-state index in [1.54, 1.807) is 19.2 Å². The molecular formula is C15H21ClN4O. The van der Waals surface area contributed by atoms with Gasteiger partial charge in [-0.05, 0) is 37.9 Å². The number of anilines is 1. The molecule has 0 aromatic carbocycles. The number of fused-ring (bicyclic) bond motifs is 1. The summed E-state index contributed by atoms with van der Waals surface area (Å²) in [6.07, 6.45) is 4.76. The standard InChI is InChI=1S/C15H21ClN4O/c1-17-14-9-10(8-13(16)19-14)15(21)18-11-5-7-20-6-3-2-4-12(11)20/h8-9,11-12H,2-7H2,1H3,(H,17,19)(H,18,21). The van der Waals surface area contributed by atoms with Crippen molar-refractivity contribution in [1.29, 1.82) is 0 Å². The van der Waals surface area contributed by atoms with Crippen LogP contribution in [0.3, 0.4) is 0 Å². The van der Waals surface area contributed by atoms with Gasteiger partial charge in [0.1, 0.15) is 11.0 Å². The zero-order valence-corrected chi connectivity index (χ0v) is 13.0. The average molecular weight is 309 g/mol. The first-order chi connectivity index (χ1) is 10.2. The van der Waals surface area contributed by atoms with E-state index < -0.39 is 0 Å². The van der Waals surface area contributed by atoms with Crippen LogP contribution in [0.15, 0.2) is 12.1 Å². The lowest BCUT2D eigenvalue weighted by molar-refractivity contribution is 0.0915. The fourth-order valence-electron chi connectivity index (χ4n) is 3.42. The SMILES string of the molecule is CNc1cc(C(=O)NC2CCN3CCCCC23)cc(Cl)n1. The maximum Gasteiger partial charge on any atom is 0.251 e. The van der Waals surface area contributed by atoms with Gasteiger partial charge in [0.25, 0.3) is 5.91 Å². The summed E-state index contributed by atoms with van der Waals surface area (Å²) in [6.45, 7) is 2.26. The summed E-state index contributed by atoms with van der Waals surface area (Å²) in [7, 11) is 1.76. The highest BCUT2D eigenvalue weighted by Gasteiger charge is 2.36. The Balaban J connectivity index is 1.70. The molecule has 2 unspecified atom stereocenters. The van der Waals surface area contributed by atoms with E-state index in [1.807, 2.05) is 0 Å². The zero-order chi connectivity index (χ0) is 14.8. The summed E-state index contributed by atoms with van der Waals surface area (Å²) in [4.78, 5) is 19.1. The Morgan fingerprint density at radius 2 is 2.19 bits per heavy atom. The Morgan fingerprint density at radius 3 is 3.00 bits per heavy atom. The van der Waals surface area contributed by atoms with Crippen LogP contribution in [-0.2, 0) is 0 Å². The Kier molecular flexibility index (Phi) is 4.31. The summed E-state index contributed by atoms with van der Waals surface area (Å²) < 4.78 is 0. The van der Waals surface area contributed by atoms with Gasteiger partial charge in [-0.25, -0.2) is 4.98 Å². The topological polar surface area (TPSA) is 57.3 Å². The van der Waals surface area contributed by atoms with Crippen LogP contribution in [0.5, 0.6) is 0 Å². The molecule has 2 aliphatic heterocycles. The minimum absolute atomic E-state index is 0.0618. The molecule has 1 amide bonds. The highest BCUT2D eigenvalue weighted by atomic mass is 35.5. The Bertz CT molecular complexity index is 536. The first kappa shape index (κ1) is 14.6. The largest absolute Gasteiger partial charge is 0.373 e. The Labute approximate surface area is 130 Å². The molecule has 2 saturated heterocycles. The second-order valence-electron chi connectivity index (χ2n) is 5.78. The van der Waals surface area contributed by atoms with Crippen molar-refractivity contribution >= 4 is 23.3 Å². The number of nitrogens with zero attached hydrogens (tertiary/aromatic N) is 2. The number of hydrogen-bond donors (Lipinski definition) is 2. The molecule has 1 aromatic rings. The van der Waals surface area contributed by atoms with Crippen molar-refractivity contribution < 1.29 is 4.79 Å². The number of nitrogens with one attached hydrogen (secondary N) is 2. The fourth-order valence-corrected chi connectivity index (χ4v) is 3.63. The van der Waals surface area contributed by atoms with Gasteiger partial charge in [-0.15, -0.1) is 0 Å². The minimum atomic E-state index is -0.0618. The predicted molar refractivity (Wildman–Crippen MR) is 83.9 cm³/mol. The molecule has 0 aliphatic carbocycles. The van der Waals surface area contributed by atoms with Crippen LogP contribution in [0, 0.1) is 0 Å². The maximum atomic E-state index is 12.5. The van der Waals surface area contributed by atoms with Crippen LogP contribution in [-0.4, -0.2) is 48.0 Å². The Hall–Kier alpha value is -1.33. The van der Waals surface area contributed by atoms with E-state index in [0.717, 1.165) is 13.0 Å². The van der Waals surface area contributed by atoms with Crippen LogP contribution in [0.25, 0.3) is 0 Å². The second-order valence-corrected chi connectivity index (χ2v) is 6.17. The van der Waals surface area contributed by atoms with E-state index in [1.165, 1.54) is 25.8 Å². The quantitative estimate of drug-likeness (QED) is 0.840. The number of halogens is 1. The third kappa shape index (κ3) is 3.14. The number of amides is 1. The Morgan fingerprint density at radius 1 is 1.33 bits per heavy atom. The molecule has 2 N–H and O–H groups in total. The number of piperidine rings is 1. The van der Waals surface area contributed by atoms with E-state index in [-0.39, 0.29) is 11.9 Å². The third-order valence-electron chi connectivity index (χ3n) is 4.48. The lowest BCUT2D eigenvalue weighted by atomic mass is 9.99. The summed E-state index contributed by atoms with van der Waals surface area (Å²) in [6, 6.07) is 4.10. The molecule has 114 valence electrons. The van der Waals surface area contributed by atoms with Gasteiger partial charge in [-0.3, -0.25) is 9.69 Å². The van der Waals surface area contributed by atoms with Crippen molar-refractivity contribution in [2.45, 2.75) is 37.8 Å². The summed E-state index contributed by atoms with van der Waals surface area (Å²) in [5.74, 6) is 0.548. The van der Waals surface area contributed by atoms with Crippen molar-refractivity contribution in [3.8, 4) is 0 Å². The van der Waals surface area contributed by atoms with Gasteiger partial charge in [0.15, 0.2) is 0 Å². The molecule has 21 heavy (non-hydrogen) atoms. The van der Waals surface area contributed by atoms with Crippen LogP contribution < -0.4 is 10.6 Å². The van der Waals surface area contributed by atoms with Gasteiger partial charge in [0.2, 0.25) is 0 Å². The molecule has 2 atom stereocenters. The number of carbonyl (C=O) groups excluding carboxylic acids is 1. The molecule has 6 heteroatoms. The normalized spacial score (nSPS) is 25.4. The smallest absolute Gasteiger partial charge is 0.251 e. The fraction of sp³-hybridized carbons (Fsp3) is 0.600. The van der Waals surface area contributed by atoms with Gasteiger partial charge in [0.05, 0.1) is 0 Å². The molecule has 3 rings (SSSR count). The van der Waals surface area contributed by atoms with Gasteiger partial charge in [0, 0.05) is 31.2 Å². The molecule has 0 bridgehead atoms. The van der Waals surface area contributed by atoms with Crippen molar-refractivity contribution in [2.24, 2.45) is 0 Å². The van der Waals surface area contributed by atoms with Gasteiger partial charge in [-0.1, -0.05) is 18.0 Å². The van der Waals surface area contributed by atoms with Crippen molar-refractivity contribution in [3.05, 3.63) is 22.8 Å². The molecule has 0 radical (unpaired) electrons. The lowest BCUT2D eigenvalue weighted by Crippen LogP contribution is -2.46. The first-order valence-corrected chi connectivity index (χ1v) is 7.95. The predicted octanol–water partition coefficient (Wildman–Crippen LogP) is 2.13. The van der Waals surface area contributed by atoms with Gasteiger partial charge < -0.3 is 10.6 Å². The molecule has 0 saturated carbocycles. The maximum absolute atomic E-state index is 12.5. The monoisotopic (exact) mass is 308 g/mol. The number of carbonyl (C=O) groups is 1. The van der Waals surface area contributed by atoms with Crippen LogP contribution in [0.2, 0.25) is 5.15 Å². The lowest BCUT2D eigenvalue weighted by Gasteiger charge is -2.32. The highest BCUT2D eigenvalue weighted by molar-refractivity contribution is 6.29. The zero-order valence-electron chi connectivity index (χ0n) is 12.2. The summed E-state index contributed by atoms with van der Waals surface area (Å²) in [5, 5.41) is 6.43. The number of hydrogen-bond acceptors (Lipinski definition) is 4. The summed E-state index contributed by atoms with van der Waals surface area (Å²) in [5.41, 5.74) is 0.564. The molecule has 5 nitrogen and oxygen atoms in total. The van der Waals surface area contributed by atoms with Gasteiger partial charge >= 0.3 is 0 Å². The molecule has 0 spiro atoms. The summed E-state index contributed by atoms with van der Waals surface area (Å²) >= 11 is 5.96. The number of aromatic nitrogens is 1. The molecule has 2 fully saturated rings. The third-order valence-corrected chi connectivity index (χ3v) is 4.68. The van der Waals surface area contributed by atoms with Crippen molar-refractivity contribution in [3.63, 3.8) is 0 Å². The molecule has 2 aliphatic rings. The highest BCUT2D eigenvalue weighted by Crippen LogP contribution is 2.27. The van der Waals surface area contributed by atoms with Crippen LogP contribution in [0.1, 0.15) is 36.0 Å². The first-order valence-electron chi connectivity index (χ1n) is 7.57. The van der Waals surface area contributed by atoms with E-state index >= 15 is 0 Å². The van der Waals surface area contributed by atoms with Crippen LogP contribution >= 0.6 is 11.6 Å². The van der Waals surface area contributed by atoms with E-state index in [2.05, 4.69) is 20.5 Å². The van der Waals surface area contributed by atoms with E-state index in [4.69, 9.17) is 11.6 Å². The number of pyridine rings is 1. The van der Waals surface area contributed by atoms with Gasteiger partial charge in [-0.2, -0.15) is 0 Å². The van der Waals surface area contributed by atoms with Crippen molar-refractivity contribution in [1.82, 2.24) is 15.2 Å². The van der Waals surface area contributed by atoms with E-state index in [0.29, 0.717) is 22.6 Å². The minimum Gasteiger partial charge on any atom is -0.373 e. The van der Waals surface area contributed by atoms with E-state index in [9.17, 15) is 4.79 Å². The average Bonchev–Trinajstić information content (AvgIpc) is 2.90. The molecule has 3 heterocycles. The molecular weight excluding hydrogens is 288 g/mol. The van der Waals surface area contributed by atoms with Crippen molar-refractivity contribution in [2.75, 3.05) is 25.5 Å². The number of rotatable bonds is 3. The van der Waals surface area contributed by atoms with Crippen LogP contribution in [0.4, 0.5) is 5.82 Å². The molecule has 1 aromatic heterocycles.